The van der Waals surface area contributed by atoms with E-state index in [9.17, 15) is 0 Å². The van der Waals surface area contributed by atoms with Crippen molar-refractivity contribution in [2.45, 2.75) is 32.0 Å². The normalized spacial score (nSPS) is 10.6. The predicted molar refractivity (Wildman–Crippen MR) is 80.6 cm³/mol. The Morgan fingerprint density at radius 3 is 2.85 bits per heavy atom. The van der Waals surface area contributed by atoms with E-state index in [0.29, 0.717) is 16.8 Å². The highest BCUT2D eigenvalue weighted by Crippen LogP contribution is 2.23. The summed E-state index contributed by atoms with van der Waals surface area (Å²) in [5, 5.41) is 8.10. The molecule has 2 aromatic rings. The third-order valence-corrected chi connectivity index (χ3v) is 3.12. The molecule has 0 atom stereocenters. The van der Waals surface area contributed by atoms with Crippen LogP contribution in [0.2, 0.25) is 0 Å². The average molecular weight is 293 g/mol. The van der Waals surface area contributed by atoms with Crippen molar-refractivity contribution in [2.24, 2.45) is 0 Å². The summed E-state index contributed by atoms with van der Waals surface area (Å²) in [6.07, 6.45) is 6.51. The summed E-state index contributed by atoms with van der Waals surface area (Å²) in [5.41, 5.74) is 0. The molecule has 0 aliphatic heterocycles. The fraction of sp³-hybridized carbons (Fsp3) is 0.462. The van der Waals surface area contributed by atoms with Gasteiger partial charge in [-0.05, 0) is 19.6 Å². The summed E-state index contributed by atoms with van der Waals surface area (Å²) in [7, 11) is 0. The van der Waals surface area contributed by atoms with Crippen molar-refractivity contribution in [1.82, 2.24) is 19.7 Å². The van der Waals surface area contributed by atoms with Crippen LogP contribution in [-0.2, 0) is 6.54 Å². The largest absolute Gasteiger partial charge is 0.435 e. The molecular weight excluding hydrogens is 274 g/mol. The second-order valence-electron chi connectivity index (χ2n) is 4.14. The maximum atomic E-state index is 5.74. The van der Waals surface area contributed by atoms with Crippen LogP contribution in [0.15, 0.2) is 23.6 Å². The van der Waals surface area contributed by atoms with Gasteiger partial charge in [0.25, 0.3) is 0 Å². The van der Waals surface area contributed by atoms with Crippen LogP contribution in [0.25, 0.3) is 0 Å². The van der Waals surface area contributed by atoms with Crippen molar-refractivity contribution in [1.29, 1.82) is 0 Å². The van der Waals surface area contributed by atoms with E-state index in [2.05, 4.69) is 27.3 Å². The number of rotatable bonds is 7. The summed E-state index contributed by atoms with van der Waals surface area (Å²) >= 11 is 1.49. The first-order chi connectivity index (χ1) is 9.75. The third kappa shape index (κ3) is 3.86. The molecule has 0 fully saturated rings. The molecule has 0 saturated carbocycles. The molecule has 0 radical (unpaired) electrons. The van der Waals surface area contributed by atoms with Crippen LogP contribution >= 0.6 is 11.8 Å². The quantitative estimate of drug-likeness (QED) is 0.625. The van der Waals surface area contributed by atoms with Crippen molar-refractivity contribution < 1.29 is 4.74 Å². The molecule has 1 N–H and O–H groups in total. The number of aromatic nitrogens is 4. The van der Waals surface area contributed by atoms with E-state index in [1.165, 1.54) is 11.8 Å². The minimum absolute atomic E-state index is 0.526. The van der Waals surface area contributed by atoms with Crippen LogP contribution in [0, 0.1) is 0 Å². The van der Waals surface area contributed by atoms with Crippen molar-refractivity contribution in [3.8, 4) is 11.6 Å². The van der Waals surface area contributed by atoms with Crippen LogP contribution in [0.3, 0.4) is 0 Å². The van der Waals surface area contributed by atoms with Gasteiger partial charge in [-0.25, -0.2) is 4.98 Å². The minimum Gasteiger partial charge on any atom is -0.435 e. The Hall–Kier alpha value is -1.76. The Balaban J connectivity index is 2.16. The lowest BCUT2D eigenvalue weighted by atomic mass is 10.4. The molecule has 2 aromatic heterocycles. The molecule has 0 unspecified atom stereocenters. The van der Waals surface area contributed by atoms with Gasteiger partial charge in [0.15, 0.2) is 10.9 Å². The summed E-state index contributed by atoms with van der Waals surface area (Å²) in [4.78, 5) is 8.74. The molecule has 0 aliphatic carbocycles. The molecule has 0 aliphatic rings. The lowest BCUT2D eigenvalue weighted by molar-refractivity contribution is 0.455. The van der Waals surface area contributed by atoms with Gasteiger partial charge in [-0.15, -0.1) is 0 Å². The topological polar surface area (TPSA) is 64.9 Å². The monoisotopic (exact) mass is 293 g/mol. The molecule has 108 valence electrons. The smallest absolute Gasteiger partial charge is 0.225 e. The first-order valence-electron chi connectivity index (χ1n) is 6.62. The summed E-state index contributed by atoms with van der Waals surface area (Å²) in [6, 6.07) is 1.80. The standard InChI is InChI=1S/C13H19N5OS/c1-4-6-14-11-7-12(17-13(16-11)20-3)19-10-8-15-18(5-2)9-10/h7-9H,4-6H2,1-3H3,(H,14,16,17). The van der Waals surface area contributed by atoms with Crippen molar-refractivity contribution in [3.63, 3.8) is 0 Å². The zero-order valence-corrected chi connectivity index (χ0v) is 12.8. The van der Waals surface area contributed by atoms with E-state index in [0.717, 1.165) is 25.3 Å². The second kappa shape index (κ2) is 7.14. The molecule has 0 bridgehead atoms. The Morgan fingerprint density at radius 1 is 1.35 bits per heavy atom. The van der Waals surface area contributed by atoms with Gasteiger partial charge in [-0.2, -0.15) is 10.1 Å². The molecule has 0 amide bonds. The molecule has 0 aromatic carbocycles. The summed E-state index contributed by atoms with van der Waals surface area (Å²) < 4.78 is 7.54. The van der Waals surface area contributed by atoms with Crippen LogP contribution in [-0.4, -0.2) is 32.5 Å². The number of hydrogen-bond donors (Lipinski definition) is 1. The zero-order chi connectivity index (χ0) is 14.4. The molecular formula is C13H19N5OS. The predicted octanol–water partition coefficient (Wildman–Crippen LogP) is 3.03. The number of nitrogens with zero attached hydrogens (tertiary/aromatic N) is 4. The van der Waals surface area contributed by atoms with Crippen LogP contribution in [0.5, 0.6) is 11.6 Å². The van der Waals surface area contributed by atoms with Crippen LogP contribution in [0.1, 0.15) is 20.3 Å². The Morgan fingerprint density at radius 2 is 2.20 bits per heavy atom. The van der Waals surface area contributed by atoms with Crippen molar-refractivity contribution in [3.05, 3.63) is 18.5 Å². The number of nitrogens with one attached hydrogen (secondary N) is 1. The zero-order valence-electron chi connectivity index (χ0n) is 12.0. The molecule has 0 saturated heterocycles. The Kier molecular flexibility index (Phi) is 5.23. The van der Waals surface area contributed by atoms with E-state index in [1.54, 1.807) is 12.3 Å². The first kappa shape index (κ1) is 14.6. The lowest BCUT2D eigenvalue weighted by Gasteiger charge is -2.08. The van der Waals surface area contributed by atoms with Gasteiger partial charge in [-0.1, -0.05) is 18.7 Å². The van der Waals surface area contributed by atoms with E-state index in [4.69, 9.17) is 4.74 Å². The maximum Gasteiger partial charge on any atom is 0.225 e. The average Bonchev–Trinajstić information content (AvgIpc) is 2.92. The summed E-state index contributed by atoms with van der Waals surface area (Å²) in [6.45, 7) is 5.82. The van der Waals surface area contributed by atoms with Crippen molar-refractivity contribution in [2.75, 3.05) is 18.1 Å². The van der Waals surface area contributed by atoms with Gasteiger partial charge in [0.2, 0.25) is 5.88 Å². The fourth-order valence-corrected chi connectivity index (χ4v) is 1.95. The van der Waals surface area contributed by atoms with Gasteiger partial charge >= 0.3 is 0 Å². The van der Waals surface area contributed by atoms with E-state index in [-0.39, 0.29) is 0 Å². The second-order valence-corrected chi connectivity index (χ2v) is 4.91. The highest BCUT2D eigenvalue weighted by Gasteiger charge is 2.07. The van der Waals surface area contributed by atoms with E-state index in [1.807, 2.05) is 24.1 Å². The van der Waals surface area contributed by atoms with Crippen LogP contribution < -0.4 is 10.1 Å². The molecule has 7 heteroatoms. The van der Waals surface area contributed by atoms with Gasteiger partial charge in [0, 0.05) is 19.2 Å². The minimum atomic E-state index is 0.526. The first-order valence-corrected chi connectivity index (χ1v) is 7.84. The molecule has 6 nitrogen and oxygen atoms in total. The van der Waals surface area contributed by atoms with Gasteiger partial charge in [-0.3, -0.25) is 4.68 Å². The number of hydrogen-bond acceptors (Lipinski definition) is 6. The van der Waals surface area contributed by atoms with Crippen LogP contribution in [0.4, 0.5) is 5.82 Å². The fourth-order valence-electron chi connectivity index (χ4n) is 1.58. The number of ether oxygens (including phenoxy) is 1. The van der Waals surface area contributed by atoms with Gasteiger partial charge < -0.3 is 10.1 Å². The Labute approximate surface area is 123 Å². The number of aryl methyl sites for hydroxylation is 1. The maximum absolute atomic E-state index is 5.74. The Bertz CT molecular complexity index is 557. The third-order valence-electron chi connectivity index (χ3n) is 2.58. The van der Waals surface area contributed by atoms with Gasteiger partial charge in [0.1, 0.15) is 5.82 Å². The van der Waals surface area contributed by atoms with E-state index >= 15 is 0 Å². The molecule has 20 heavy (non-hydrogen) atoms. The highest BCUT2D eigenvalue weighted by molar-refractivity contribution is 7.98. The summed E-state index contributed by atoms with van der Waals surface area (Å²) in [5.74, 6) is 1.99. The molecule has 2 heterocycles. The van der Waals surface area contributed by atoms with Crippen molar-refractivity contribution >= 4 is 17.6 Å². The lowest BCUT2D eigenvalue weighted by Crippen LogP contribution is -2.04. The van der Waals surface area contributed by atoms with E-state index < -0.39 is 0 Å². The number of anilines is 1. The van der Waals surface area contributed by atoms with Gasteiger partial charge in [0.05, 0.1) is 12.4 Å². The number of thioether (sulfide) groups is 1. The highest BCUT2D eigenvalue weighted by atomic mass is 32.2. The SMILES string of the molecule is CCCNc1cc(Oc2cnn(CC)c2)nc(SC)n1. The molecule has 0 spiro atoms. The molecule has 2 rings (SSSR count).